The van der Waals surface area contributed by atoms with Crippen molar-refractivity contribution in [2.45, 2.75) is 31.8 Å². The van der Waals surface area contributed by atoms with E-state index in [1.807, 2.05) is 22.7 Å². The normalized spacial score (nSPS) is 24.3. The van der Waals surface area contributed by atoms with Gasteiger partial charge in [-0.1, -0.05) is 0 Å². The van der Waals surface area contributed by atoms with E-state index >= 15 is 0 Å². The molecule has 0 aliphatic carbocycles. The van der Waals surface area contributed by atoms with Gasteiger partial charge in [0.1, 0.15) is 5.82 Å². The maximum atomic E-state index is 5.58. The van der Waals surface area contributed by atoms with E-state index in [0.717, 1.165) is 36.7 Å². The molecule has 0 saturated carbocycles. The van der Waals surface area contributed by atoms with Crippen LogP contribution in [0.5, 0.6) is 5.75 Å². The largest absolute Gasteiger partial charge is 0.493 e. The Balaban J connectivity index is 2.02. The average Bonchev–Trinajstić information content (AvgIpc) is 2.82. The van der Waals surface area contributed by atoms with Crippen molar-refractivity contribution < 1.29 is 9.47 Å². The van der Waals surface area contributed by atoms with Crippen LogP contribution in [0.3, 0.4) is 0 Å². The molecule has 0 aromatic carbocycles. The summed E-state index contributed by atoms with van der Waals surface area (Å²) in [6, 6.07) is 3.86. The SMILES string of the molecule is COc1cccn2c(C3CCOC(C)C3)nnc12. The van der Waals surface area contributed by atoms with Gasteiger partial charge in [-0.3, -0.25) is 4.40 Å². The second kappa shape index (κ2) is 4.57. The van der Waals surface area contributed by atoms with Gasteiger partial charge >= 0.3 is 0 Å². The molecular formula is C13H17N3O2. The fraction of sp³-hybridized carbons (Fsp3) is 0.538. The molecule has 2 aromatic rings. The molecule has 0 N–H and O–H groups in total. The lowest BCUT2D eigenvalue weighted by molar-refractivity contribution is 0.0171. The highest BCUT2D eigenvalue weighted by molar-refractivity contribution is 5.53. The van der Waals surface area contributed by atoms with E-state index in [1.165, 1.54) is 0 Å². The van der Waals surface area contributed by atoms with Crippen LogP contribution in [0.2, 0.25) is 0 Å². The molecule has 1 aliphatic heterocycles. The van der Waals surface area contributed by atoms with Crippen LogP contribution in [0, 0.1) is 0 Å². The summed E-state index contributed by atoms with van der Waals surface area (Å²) in [4.78, 5) is 0. The molecule has 0 radical (unpaired) electrons. The van der Waals surface area contributed by atoms with Gasteiger partial charge in [0, 0.05) is 18.7 Å². The topological polar surface area (TPSA) is 48.7 Å². The molecule has 2 aromatic heterocycles. The van der Waals surface area contributed by atoms with Crippen molar-refractivity contribution in [2.24, 2.45) is 0 Å². The number of methoxy groups -OCH3 is 1. The molecule has 0 bridgehead atoms. The van der Waals surface area contributed by atoms with Crippen LogP contribution < -0.4 is 4.74 Å². The maximum absolute atomic E-state index is 5.58. The summed E-state index contributed by atoms with van der Waals surface area (Å²) in [5.74, 6) is 2.19. The van der Waals surface area contributed by atoms with E-state index in [-0.39, 0.29) is 0 Å². The van der Waals surface area contributed by atoms with E-state index in [4.69, 9.17) is 9.47 Å². The molecule has 0 amide bonds. The Morgan fingerprint density at radius 2 is 2.33 bits per heavy atom. The first-order chi connectivity index (χ1) is 8.79. The molecule has 5 heteroatoms. The van der Waals surface area contributed by atoms with Crippen molar-refractivity contribution in [2.75, 3.05) is 13.7 Å². The summed E-state index contributed by atoms with van der Waals surface area (Å²) < 4.78 is 12.9. The van der Waals surface area contributed by atoms with Crippen molar-refractivity contribution >= 4 is 5.65 Å². The van der Waals surface area contributed by atoms with Crippen molar-refractivity contribution in [3.8, 4) is 5.75 Å². The Kier molecular flexibility index (Phi) is 2.91. The molecule has 1 aliphatic rings. The van der Waals surface area contributed by atoms with Gasteiger partial charge in [0.15, 0.2) is 5.75 Å². The zero-order valence-electron chi connectivity index (χ0n) is 10.7. The Labute approximate surface area is 106 Å². The minimum absolute atomic E-state index is 0.293. The number of hydrogen-bond acceptors (Lipinski definition) is 4. The number of nitrogens with zero attached hydrogens (tertiary/aromatic N) is 3. The minimum atomic E-state index is 0.293. The first-order valence-corrected chi connectivity index (χ1v) is 6.29. The summed E-state index contributed by atoms with van der Waals surface area (Å²) in [5, 5.41) is 8.58. The molecule has 2 unspecified atom stereocenters. The monoisotopic (exact) mass is 247 g/mol. The summed E-state index contributed by atoms with van der Waals surface area (Å²) in [7, 11) is 1.65. The maximum Gasteiger partial charge on any atom is 0.203 e. The molecule has 0 spiro atoms. The Hall–Kier alpha value is -1.62. The number of rotatable bonds is 2. The first kappa shape index (κ1) is 11.5. The average molecular weight is 247 g/mol. The highest BCUT2D eigenvalue weighted by Crippen LogP contribution is 2.30. The second-order valence-corrected chi connectivity index (χ2v) is 4.73. The van der Waals surface area contributed by atoms with Crippen molar-refractivity contribution in [3.63, 3.8) is 0 Å². The van der Waals surface area contributed by atoms with Crippen LogP contribution in [-0.4, -0.2) is 34.4 Å². The smallest absolute Gasteiger partial charge is 0.203 e. The quantitative estimate of drug-likeness (QED) is 0.814. The van der Waals surface area contributed by atoms with E-state index in [1.54, 1.807) is 7.11 Å². The van der Waals surface area contributed by atoms with Crippen LogP contribution in [0.1, 0.15) is 31.5 Å². The molecule has 18 heavy (non-hydrogen) atoms. The Morgan fingerprint density at radius 1 is 1.44 bits per heavy atom. The van der Waals surface area contributed by atoms with Gasteiger partial charge in [0.05, 0.1) is 13.2 Å². The molecule has 5 nitrogen and oxygen atoms in total. The van der Waals surface area contributed by atoms with Gasteiger partial charge in [-0.25, -0.2) is 0 Å². The van der Waals surface area contributed by atoms with Crippen LogP contribution in [0.25, 0.3) is 5.65 Å². The predicted molar refractivity (Wildman–Crippen MR) is 66.9 cm³/mol. The highest BCUT2D eigenvalue weighted by Gasteiger charge is 2.25. The van der Waals surface area contributed by atoms with Crippen LogP contribution in [0.4, 0.5) is 0 Å². The summed E-state index contributed by atoms with van der Waals surface area (Å²) in [6.07, 6.45) is 4.29. The highest BCUT2D eigenvalue weighted by atomic mass is 16.5. The number of fused-ring (bicyclic) bond motifs is 1. The third-order valence-corrected chi connectivity index (χ3v) is 3.50. The Bertz CT molecular complexity index is 552. The van der Waals surface area contributed by atoms with Crippen molar-refractivity contribution in [1.82, 2.24) is 14.6 Å². The Morgan fingerprint density at radius 3 is 3.11 bits per heavy atom. The fourth-order valence-electron chi connectivity index (χ4n) is 2.58. The molecule has 3 rings (SSSR count). The zero-order valence-corrected chi connectivity index (χ0v) is 10.7. The van der Waals surface area contributed by atoms with Crippen molar-refractivity contribution in [1.29, 1.82) is 0 Å². The molecule has 1 saturated heterocycles. The van der Waals surface area contributed by atoms with Gasteiger partial charge in [-0.15, -0.1) is 10.2 Å². The second-order valence-electron chi connectivity index (χ2n) is 4.73. The van der Waals surface area contributed by atoms with Gasteiger partial charge in [-0.05, 0) is 31.9 Å². The van der Waals surface area contributed by atoms with Crippen LogP contribution >= 0.6 is 0 Å². The standard InChI is InChI=1S/C13H17N3O2/c1-9-8-10(5-7-18-9)12-14-15-13-11(17-2)4-3-6-16(12)13/h3-4,6,9-10H,5,7-8H2,1-2H3. The lowest BCUT2D eigenvalue weighted by Crippen LogP contribution is -2.23. The third kappa shape index (κ3) is 1.84. The number of ether oxygens (including phenoxy) is 2. The summed E-state index contributed by atoms with van der Waals surface area (Å²) >= 11 is 0. The van der Waals surface area contributed by atoms with Gasteiger partial charge < -0.3 is 9.47 Å². The van der Waals surface area contributed by atoms with E-state index in [9.17, 15) is 0 Å². The third-order valence-electron chi connectivity index (χ3n) is 3.50. The lowest BCUT2D eigenvalue weighted by Gasteiger charge is -2.25. The molecule has 3 heterocycles. The number of pyridine rings is 1. The van der Waals surface area contributed by atoms with Crippen LogP contribution in [-0.2, 0) is 4.74 Å². The molecule has 2 atom stereocenters. The van der Waals surface area contributed by atoms with E-state index < -0.39 is 0 Å². The number of aromatic nitrogens is 3. The van der Waals surface area contributed by atoms with E-state index in [0.29, 0.717) is 12.0 Å². The fourth-order valence-corrected chi connectivity index (χ4v) is 2.58. The lowest BCUT2D eigenvalue weighted by atomic mass is 9.95. The van der Waals surface area contributed by atoms with E-state index in [2.05, 4.69) is 17.1 Å². The minimum Gasteiger partial charge on any atom is -0.493 e. The van der Waals surface area contributed by atoms with Gasteiger partial charge in [0.2, 0.25) is 5.65 Å². The predicted octanol–water partition coefficient (Wildman–Crippen LogP) is 2.02. The first-order valence-electron chi connectivity index (χ1n) is 6.29. The zero-order chi connectivity index (χ0) is 12.5. The molecular weight excluding hydrogens is 230 g/mol. The molecule has 96 valence electrons. The summed E-state index contributed by atoms with van der Waals surface area (Å²) in [6.45, 7) is 2.90. The summed E-state index contributed by atoms with van der Waals surface area (Å²) in [5.41, 5.74) is 0.786. The number of hydrogen-bond donors (Lipinski definition) is 0. The van der Waals surface area contributed by atoms with Gasteiger partial charge in [0.25, 0.3) is 0 Å². The molecule has 1 fully saturated rings. The van der Waals surface area contributed by atoms with Crippen LogP contribution in [0.15, 0.2) is 18.3 Å². The van der Waals surface area contributed by atoms with Gasteiger partial charge in [-0.2, -0.15) is 0 Å². The van der Waals surface area contributed by atoms with Crippen molar-refractivity contribution in [3.05, 3.63) is 24.2 Å².